The summed E-state index contributed by atoms with van der Waals surface area (Å²) < 4.78 is 11.3. The maximum atomic E-state index is 13.1. The van der Waals surface area contributed by atoms with Crippen molar-refractivity contribution in [3.63, 3.8) is 0 Å². The van der Waals surface area contributed by atoms with Crippen molar-refractivity contribution in [3.05, 3.63) is 0 Å². The Morgan fingerprint density at radius 3 is 0.947 bits per heavy atom. The quantitative estimate of drug-likeness (QED) is 0.0330. The lowest BCUT2D eigenvalue weighted by atomic mass is 9.99. The van der Waals surface area contributed by atoms with Crippen molar-refractivity contribution in [2.45, 2.75) is 403 Å². The number of hydrogen-bond donors (Lipinski definition) is 6. The zero-order valence-corrected chi connectivity index (χ0v) is 50.1. The molecule has 0 bridgehead atoms. The molecule has 6 N–H and O–H groups in total. The van der Waals surface area contributed by atoms with Crippen molar-refractivity contribution in [3.8, 4) is 0 Å². The number of aliphatic hydroxyl groups excluding tert-OH is 5. The summed E-state index contributed by atoms with van der Waals surface area (Å²) in [6.07, 6.45) is 63.2. The predicted molar refractivity (Wildman–Crippen MR) is 318 cm³/mol. The van der Waals surface area contributed by atoms with E-state index in [0.29, 0.717) is 12.8 Å². The predicted octanol–water partition coefficient (Wildman–Crippen LogP) is 17.8. The van der Waals surface area contributed by atoms with Crippen LogP contribution in [0.5, 0.6) is 0 Å². The molecule has 448 valence electrons. The van der Waals surface area contributed by atoms with Crippen molar-refractivity contribution >= 4 is 5.91 Å². The molecule has 0 aromatic heterocycles. The second kappa shape index (κ2) is 56.5. The van der Waals surface area contributed by atoms with Crippen LogP contribution in [0.2, 0.25) is 0 Å². The summed E-state index contributed by atoms with van der Waals surface area (Å²) in [5.74, 6) is -0.134. The fourth-order valence-electron chi connectivity index (χ4n) is 11.4. The van der Waals surface area contributed by atoms with Crippen molar-refractivity contribution in [1.82, 2.24) is 5.32 Å². The Morgan fingerprint density at radius 1 is 0.400 bits per heavy atom. The standard InChI is InChI=1S/C66H131NO8/c1-3-5-7-9-11-13-15-17-19-21-22-23-24-25-26-27-28-29-30-31-32-33-34-35-36-37-38-40-42-44-46-48-50-52-54-56-62(70)67-59(58-74-66-65(73)64(72)63(71)61(57-68)75-66)60(69)55-53-51-49-47-45-43-41-39-20-18-16-14-12-10-8-6-4-2/h59-61,63-66,68-69,71-73H,3-58H2,1-2H3,(H,67,70)/t59-,60+,61+,63+,64?,65?,66+/m0/s1. The number of nitrogens with one attached hydrogen (secondary N) is 1. The Hall–Kier alpha value is -0.810. The molecule has 0 spiro atoms. The minimum absolute atomic E-state index is 0.131. The van der Waals surface area contributed by atoms with Crippen LogP contribution in [0.4, 0.5) is 0 Å². The fourth-order valence-corrected chi connectivity index (χ4v) is 11.4. The highest BCUT2D eigenvalue weighted by molar-refractivity contribution is 5.76. The van der Waals surface area contributed by atoms with E-state index in [0.717, 1.165) is 38.5 Å². The number of carbonyl (C=O) groups excluding carboxylic acids is 1. The first-order valence-corrected chi connectivity index (χ1v) is 33.7. The molecule has 9 nitrogen and oxygen atoms in total. The van der Waals surface area contributed by atoms with Gasteiger partial charge in [0, 0.05) is 6.42 Å². The smallest absolute Gasteiger partial charge is 0.220 e. The Labute approximate surface area is 465 Å². The maximum Gasteiger partial charge on any atom is 0.220 e. The average Bonchev–Trinajstić information content (AvgIpc) is 3.41. The molecule has 1 amide bonds. The number of ether oxygens (including phenoxy) is 2. The van der Waals surface area contributed by atoms with E-state index in [4.69, 9.17) is 9.47 Å². The number of unbranched alkanes of at least 4 members (excludes halogenated alkanes) is 50. The Morgan fingerprint density at radius 2 is 0.667 bits per heavy atom. The second-order valence-corrected chi connectivity index (χ2v) is 24.0. The fraction of sp³-hybridized carbons (Fsp3) is 0.985. The van der Waals surface area contributed by atoms with Gasteiger partial charge in [-0.1, -0.05) is 341 Å². The molecule has 0 saturated carbocycles. The van der Waals surface area contributed by atoms with Gasteiger partial charge in [-0.2, -0.15) is 0 Å². The number of aliphatic hydroxyl groups is 5. The lowest BCUT2D eigenvalue weighted by Gasteiger charge is -2.40. The zero-order chi connectivity index (χ0) is 54.3. The summed E-state index contributed by atoms with van der Waals surface area (Å²) in [5, 5.41) is 54.8. The van der Waals surface area contributed by atoms with Crippen LogP contribution in [-0.2, 0) is 14.3 Å². The van der Waals surface area contributed by atoms with Crippen LogP contribution in [0, 0.1) is 0 Å². The van der Waals surface area contributed by atoms with E-state index in [-0.39, 0.29) is 12.5 Å². The van der Waals surface area contributed by atoms with Crippen LogP contribution in [-0.4, -0.2) is 87.5 Å². The normalized spacial score (nSPS) is 18.7. The Balaban J connectivity index is 2.05. The molecular weight excluding hydrogens is 935 g/mol. The number of amides is 1. The van der Waals surface area contributed by atoms with Crippen LogP contribution in [0.3, 0.4) is 0 Å². The highest BCUT2D eigenvalue weighted by Gasteiger charge is 2.44. The molecule has 1 fully saturated rings. The highest BCUT2D eigenvalue weighted by Crippen LogP contribution is 2.24. The van der Waals surface area contributed by atoms with Crippen molar-refractivity contribution in [1.29, 1.82) is 0 Å². The summed E-state index contributed by atoms with van der Waals surface area (Å²) in [7, 11) is 0. The SMILES string of the molecule is CCCCCCCCCCCCCCCCCCCCCCCCCCCCCCCCCCCCCC(=O)N[C@@H](CO[C@@H]1O[C@H](CO)[C@@H](O)C(O)C1O)[C@H](O)CCCCCCCCCCCCCCCCCCC. The van der Waals surface area contributed by atoms with E-state index in [1.54, 1.807) is 0 Å². The van der Waals surface area contributed by atoms with Crippen LogP contribution in [0.1, 0.15) is 361 Å². The largest absolute Gasteiger partial charge is 0.394 e. The van der Waals surface area contributed by atoms with Gasteiger partial charge in [-0.25, -0.2) is 0 Å². The third-order valence-electron chi connectivity index (χ3n) is 16.7. The third-order valence-corrected chi connectivity index (χ3v) is 16.7. The van der Waals surface area contributed by atoms with Gasteiger partial charge in [0.1, 0.15) is 24.4 Å². The summed E-state index contributed by atoms with van der Waals surface area (Å²) >= 11 is 0. The molecule has 1 aliphatic heterocycles. The molecule has 1 heterocycles. The molecule has 0 aromatic rings. The molecule has 1 rings (SSSR count). The first kappa shape index (κ1) is 72.2. The van der Waals surface area contributed by atoms with Gasteiger partial charge in [-0.15, -0.1) is 0 Å². The molecule has 1 saturated heterocycles. The Bertz CT molecular complexity index is 1140. The van der Waals surface area contributed by atoms with Gasteiger partial charge in [0.15, 0.2) is 6.29 Å². The van der Waals surface area contributed by atoms with E-state index in [2.05, 4.69) is 19.2 Å². The van der Waals surface area contributed by atoms with Gasteiger partial charge in [-0.3, -0.25) is 4.79 Å². The van der Waals surface area contributed by atoms with E-state index < -0.39 is 49.5 Å². The average molecular weight is 1070 g/mol. The molecule has 7 atom stereocenters. The van der Waals surface area contributed by atoms with Gasteiger partial charge in [0.25, 0.3) is 0 Å². The molecule has 0 aliphatic carbocycles. The van der Waals surface area contributed by atoms with Crippen LogP contribution in [0.15, 0.2) is 0 Å². The molecule has 2 unspecified atom stereocenters. The van der Waals surface area contributed by atoms with Gasteiger partial charge in [-0.05, 0) is 12.8 Å². The summed E-state index contributed by atoms with van der Waals surface area (Å²) in [4.78, 5) is 13.1. The first-order valence-electron chi connectivity index (χ1n) is 33.7. The highest BCUT2D eigenvalue weighted by atomic mass is 16.7. The van der Waals surface area contributed by atoms with E-state index in [1.807, 2.05) is 0 Å². The van der Waals surface area contributed by atoms with Crippen LogP contribution >= 0.6 is 0 Å². The van der Waals surface area contributed by atoms with E-state index in [1.165, 1.54) is 295 Å². The molecule has 0 aromatic carbocycles. The molecule has 0 radical (unpaired) electrons. The van der Waals surface area contributed by atoms with Gasteiger partial charge in [0.2, 0.25) is 5.91 Å². The maximum absolute atomic E-state index is 13.1. The summed E-state index contributed by atoms with van der Waals surface area (Å²) in [6.45, 7) is 3.90. The minimum Gasteiger partial charge on any atom is -0.394 e. The molecule has 75 heavy (non-hydrogen) atoms. The monoisotopic (exact) mass is 1070 g/mol. The Kier molecular flexibility index (Phi) is 54.4. The lowest BCUT2D eigenvalue weighted by molar-refractivity contribution is -0.302. The van der Waals surface area contributed by atoms with Crippen molar-refractivity contribution in [2.75, 3.05) is 13.2 Å². The van der Waals surface area contributed by atoms with Gasteiger partial charge < -0.3 is 40.3 Å². The van der Waals surface area contributed by atoms with Crippen molar-refractivity contribution in [2.24, 2.45) is 0 Å². The number of carbonyl (C=O) groups is 1. The number of hydrogen-bond acceptors (Lipinski definition) is 8. The first-order chi connectivity index (χ1) is 36.8. The van der Waals surface area contributed by atoms with Crippen LogP contribution in [0.25, 0.3) is 0 Å². The second-order valence-electron chi connectivity index (χ2n) is 24.0. The zero-order valence-electron chi connectivity index (χ0n) is 50.1. The topological polar surface area (TPSA) is 149 Å². The van der Waals surface area contributed by atoms with Gasteiger partial charge >= 0.3 is 0 Å². The van der Waals surface area contributed by atoms with Crippen molar-refractivity contribution < 1.29 is 39.8 Å². The van der Waals surface area contributed by atoms with Crippen LogP contribution < -0.4 is 5.32 Å². The number of rotatable bonds is 60. The van der Waals surface area contributed by atoms with Gasteiger partial charge in [0.05, 0.1) is 25.4 Å². The molecule has 9 heteroatoms. The third kappa shape index (κ3) is 45.6. The van der Waals surface area contributed by atoms with E-state index >= 15 is 0 Å². The molecule has 1 aliphatic rings. The summed E-state index contributed by atoms with van der Waals surface area (Å²) in [6, 6.07) is -0.714. The summed E-state index contributed by atoms with van der Waals surface area (Å²) in [5.41, 5.74) is 0. The lowest BCUT2D eigenvalue weighted by Crippen LogP contribution is -2.60. The van der Waals surface area contributed by atoms with E-state index in [9.17, 15) is 30.3 Å². The molecular formula is C66H131NO8. The minimum atomic E-state index is -1.55.